The Morgan fingerprint density at radius 2 is 0.409 bits per heavy atom. The minimum Gasteiger partial charge on any atom is -0.0558 e. The Balaban J connectivity index is 2.05. The summed E-state index contributed by atoms with van der Waals surface area (Å²) in [5.41, 5.74) is 23.4. The van der Waals surface area contributed by atoms with E-state index >= 15 is 0 Å². The summed E-state index contributed by atoms with van der Waals surface area (Å²) in [6, 6.07) is 9.61. The van der Waals surface area contributed by atoms with Crippen LogP contribution in [-0.4, -0.2) is 12.3 Å². The third-order valence-electron chi connectivity index (χ3n) is 10.9. The van der Waals surface area contributed by atoms with Crippen molar-refractivity contribution < 1.29 is 0 Å². The Morgan fingerprint density at radius 3 is 0.545 bits per heavy atom. The van der Waals surface area contributed by atoms with Gasteiger partial charge < -0.3 is 0 Å². The quantitative estimate of drug-likeness (QED) is 0.180. The van der Waals surface area contributed by atoms with Gasteiger partial charge in [0.25, 0.3) is 0 Å². The lowest BCUT2D eigenvalue weighted by atomic mass is 10.0. The van der Waals surface area contributed by atoms with E-state index in [1.165, 1.54) is 101 Å². The van der Waals surface area contributed by atoms with Crippen LogP contribution in [0.2, 0.25) is 0 Å². The van der Waals surface area contributed by atoms with Crippen molar-refractivity contribution in [3.8, 4) is 0 Å². The second-order valence-corrected chi connectivity index (χ2v) is 18.1. The molecule has 0 heterocycles. The molecule has 0 aromatic heterocycles. The molecule has 0 bridgehead atoms. The number of rotatable bonds is 7. The normalized spacial score (nSPS) is 11.8. The van der Waals surface area contributed by atoms with Crippen LogP contribution in [0.4, 0.5) is 0 Å². The fraction of sp³-hybridized carbons (Fsp3) is 0.429. The molecule has 0 aliphatic heterocycles. The van der Waals surface area contributed by atoms with Crippen molar-refractivity contribution in [1.82, 2.24) is 0 Å². The Labute approximate surface area is 272 Å². The van der Waals surface area contributed by atoms with Crippen LogP contribution in [0, 0.1) is 111 Å². The molecule has 0 fully saturated rings. The van der Waals surface area contributed by atoms with Crippen molar-refractivity contribution in [1.29, 1.82) is 0 Å². The van der Waals surface area contributed by atoms with E-state index in [4.69, 9.17) is 0 Å². The topological polar surface area (TPSA) is 0 Å². The molecule has 0 saturated heterocycles. The van der Waals surface area contributed by atoms with Gasteiger partial charge in [-0.2, -0.15) is 0 Å². The van der Waals surface area contributed by atoms with Crippen molar-refractivity contribution in [3.63, 3.8) is 0 Å². The molecule has 0 aliphatic carbocycles. The number of hydrogen-bond donors (Lipinski definition) is 0. The lowest BCUT2D eigenvalue weighted by Crippen LogP contribution is -2.29. The second kappa shape index (κ2) is 13.2. The van der Waals surface area contributed by atoms with E-state index in [1.807, 2.05) is 0 Å². The summed E-state index contributed by atoms with van der Waals surface area (Å²) >= 11 is 0. The van der Waals surface area contributed by atoms with Crippen LogP contribution in [0.5, 0.6) is 0 Å². The van der Waals surface area contributed by atoms with Crippen molar-refractivity contribution in [2.75, 3.05) is 12.3 Å². The standard InChI is InChI=1S/C42H56P2/c1-23-19-24(2)32(10)39(31(23)9)43(40-33(11)25(3)20-26(4)34(40)12)17-18-44(41-35(13)27(5)21-28(6)36(41)14)42-37(15)29(7)22-30(8)38(42)16/h19-22H,17-18H2,1-16H3. The van der Waals surface area contributed by atoms with Crippen LogP contribution in [-0.2, 0) is 0 Å². The molecular formula is C42H56P2. The highest BCUT2D eigenvalue weighted by Gasteiger charge is 2.29. The predicted molar refractivity (Wildman–Crippen MR) is 204 cm³/mol. The molecule has 234 valence electrons. The first-order valence-corrected chi connectivity index (χ1v) is 19.4. The van der Waals surface area contributed by atoms with E-state index < -0.39 is 15.8 Å². The summed E-state index contributed by atoms with van der Waals surface area (Å²) in [5.74, 6) is 0. The molecule has 0 amide bonds. The summed E-state index contributed by atoms with van der Waals surface area (Å²) in [6.45, 7) is 37.6. The third kappa shape index (κ3) is 6.12. The van der Waals surface area contributed by atoms with Crippen LogP contribution in [0.3, 0.4) is 0 Å². The van der Waals surface area contributed by atoms with Gasteiger partial charge in [0.05, 0.1) is 0 Å². The predicted octanol–water partition coefficient (Wildman–Crippen LogP) is 10.2. The zero-order valence-corrected chi connectivity index (χ0v) is 32.4. The molecule has 4 rings (SSSR count). The van der Waals surface area contributed by atoms with Gasteiger partial charge in [-0.1, -0.05) is 24.3 Å². The van der Waals surface area contributed by atoms with E-state index in [9.17, 15) is 0 Å². The zero-order valence-electron chi connectivity index (χ0n) is 30.6. The molecular weight excluding hydrogens is 566 g/mol. The monoisotopic (exact) mass is 622 g/mol. The van der Waals surface area contributed by atoms with Gasteiger partial charge in [0, 0.05) is 0 Å². The Morgan fingerprint density at radius 1 is 0.273 bits per heavy atom. The van der Waals surface area contributed by atoms with Crippen molar-refractivity contribution in [3.05, 3.63) is 113 Å². The van der Waals surface area contributed by atoms with Gasteiger partial charge in [-0.05, 0) is 249 Å². The maximum absolute atomic E-state index is 2.40. The SMILES string of the molecule is Cc1cc(C)c(C)c(P(CCP(c2c(C)c(C)cc(C)c2C)c2c(C)c(C)cc(C)c2C)c2c(C)c(C)cc(C)c2C)c1C. The molecule has 44 heavy (non-hydrogen) atoms. The molecule has 0 spiro atoms. The second-order valence-electron chi connectivity index (χ2n) is 13.7. The summed E-state index contributed by atoms with van der Waals surface area (Å²) in [5, 5.41) is 6.52. The number of hydrogen-bond acceptors (Lipinski definition) is 0. The van der Waals surface area contributed by atoms with Crippen LogP contribution >= 0.6 is 15.8 Å². The van der Waals surface area contributed by atoms with Gasteiger partial charge in [-0.3, -0.25) is 0 Å². The van der Waals surface area contributed by atoms with E-state index in [1.54, 1.807) is 21.2 Å². The fourth-order valence-corrected chi connectivity index (χ4v) is 14.9. The molecule has 4 aromatic rings. The Hall–Kier alpha value is -2.26. The highest BCUT2D eigenvalue weighted by Crippen LogP contribution is 2.47. The summed E-state index contributed by atoms with van der Waals surface area (Å²) in [7, 11) is -1.13. The van der Waals surface area contributed by atoms with Gasteiger partial charge in [0.15, 0.2) is 0 Å². The molecule has 0 nitrogen and oxygen atoms in total. The third-order valence-corrected chi connectivity index (χ3v) is 17.5. The highest BCUT2D eigenvalue weighted by molar-refractivity contribution is 7.77. The molecule has 0 aliphatic rings. The summed E-state index contributed by atoms with van der Waals surface area (Å²) in [4.78, 5) is 0. The molecule has 0 N–H and O–H groups in total. The average Bonchev–Trinajstić information content (AvgIpc) is 2.95. The fourth-order valence-electron chi connectivity index (χ4n) is 7.27. The van der Waals surface area contributed by atoms with E-state index in [-0.39, 0.29) is 0 Å². The molecule has 0 saturated carbocycles. The van der Waals surface area contributed by atoms with E-state index in [0.29, 0.717) is 0 Å². The van der Waals surface area contributed by atoms with Crippen LogP contribution in [0.1, 0.15) is 89.0 Å². The minimum atomic E-state index is -0.565. The highest BCUT2D eigenvalue weighted by atomic mass is 31.1. The Bertz CT molecular complexity index is 1410. The average molecular weight is 623 g/mol. The van der Waals surface area contributed by atoms with Crippen LogP contribution in [0.15, 0.2) is 24.3 Å². The zero-order chi connectivity index (χ0) is 32.9. The van der Waals surface area contributed by atoms with Gasteiger partial charge in [-0.15, -0.1) is 0 Å². The number of aryl methyl sites for hydroxylation is 8. The minimum absolute atomic E-state index is 0.565. The summed E-state index contributed by atoms with van der Waals surface area (Å²) < 4.78 is 0. The van der Waals surface area contributed by atoms with Crippen LogP contribution < -0.4 is 21.2 Å². The lowest BCUT2D eigenvalue weighted by Gasteiger charge is -2.33. The maximum Gasteiger partial charge on any atom is -0.0131 e. The Kier molecular flexibility index (Phi) is 10.4. The molecule has 0 atom stereocenters. The summed E-state index contributed by atoms with van der Waals surface area (Å²) in [6.07, 6.45) is 2.40. The van der Waals surface area contributed by atoms with Gasteiger partial charge in [0.1, 0.15) is 0 Å². The largest absolute Gasteiger partial charge is 0.0558 e. The maximum atomic E-state index is 2.40. The van der Waals surface area contributed by atoms with Gasteiger partial charge >= 0.3 is 0 Å². The molecule has 2 heteroatoms. The van der Waals surface area contributed by atoms with E-state index in [0.717, 1.165) is 0 Å². The van der Waals surface area contributed by atoms with Crippen molar-refractivity contribution in [2.45, 2.75) is 111 Å². The molecule has 0 radical (unpaired) electrons. The van der Waals surface area contributed by atoms with Crippen molar-refractivity contribution >= 4 is 37.1 Å². The van der Waals surface area contributed by atoms with Crippen LogP contribution in [0.25, 0.3) is 0 Å². The van der Waals surface area contributed by atoms with Gasteiger partial charge in [0.2, 0.25) is 0 Å². The first-order valence-electron chi connectivity index (χ1n) is 16.3. The van der Waals surface area contributed by atoms with Gasteiger partial charge in [-0.25, -0.2) is 0 Å². The van der Waals surface area contributed by atoms with Crippen molar-refractivity contribution in [2.24, 2.45) is 0 Å². The first kappa shape index (κ1) is 34.6. The number of benzene rings is 4. The lowest BCUT2D eigenvalue weighted by molar-refractivity contribution is 1.25. The first-order chi connectivity index (χ1) is 20.5. The molecule has 4 aromatic carbocycles. The molecule has 0 unspecified atom stereocenters. The smallest absolute Gasteiger partial charge is 0.0131 e. The van der Waals surface area contributed by atoms with E-state index in [2.05, 4.69) is 135 Å².